The number of nitrogens with zero attached hydrogens (tertiary/aromatic N) is 3. The molecule has 1 aliphatic rings. The first kappa shape index (κ1) is 17.6. The Labute approximate surface area is 148 Å². The van der Waals surface area contributed by atoms with Crippen LogP contribution in [0.15, 0.2) is 23.1 Å². The minimum Gasteiger partial charge on any atom is -0.369 e. The molecule has 0 saturated carbocycles. The zero-order chi connectivity index (χ0) is 17.6. The Kier molecular flexibility index (Phi) is 5.81. The third kappa shape index (κ3) is 4.66. The van der Waals surface area contributed by atoms with Gasteiger partial charge in [0.25, 0.3) is 5.56 Å². The molecular formula is C19H27N5O. The van der Waals surface area contributed by atoms with E-state index in [0.29, 0.717) is 11.4 Å². The normalized spacial score (nSPS) is 15.8. The van der Waals surface area contributed by atoms with Gasteiger partial charge >= 0.3 is 0 Å². The third-order valence-electron chi connectivity index (χ3n) is 4.86. The van der Waals surface area contributed by atoms with Crippen molar-refractivity contribution in [3.8, 4) is 11.4 Å². The third-order valence-corrected chi connectivity index (χ3v) is 4.86. The van der Waals surface area contributed by atoms with Gasteiger partial charge < -0.3 is 15.2 Å². The predicted molar refractivity (Wildman–Crippen MR) is 101 cm³/mol. The van der Waals surface area contributed by atoms with E-state index in [9.17, 15) is 4.79 Å². The molecule has 0 atom stereocenters. The molecule has 3 heterocycles. The van der Waals surface area contributed by atoms with E-state index in [4.69, 9.17) is 0 Å². The Morgan fingerprint density at radius 1 is 1.16 bits per heavy atom. The molecule has 2 aromatic rings. The minimum absolute atomic E-state index is 0.0952. The molecule has 0 aliphatic carbocycles. The molecule has 0 amide bonds. The van der Waals surface area contributed by atoms with Crippen LogP contribution in [0.5, 0.6) is 0 Å². The van der Waals surface area contributed by atoms with E-state index in [1.54, 1.807) is 13.1 Å². The zero-order valence-corrected chi connectivity index (χ0v) is 15.1. The van der Waals surface area contributed by atoms with Gasteiger partial charge in [-0.15, -0.1) is 0 Å². The van der Waals surface area contributed by atoms with Crippen LogP contribution in [-0.4, -0.2) is 46.0 Å². The molecule has 0 aromatic carbocycles. The fourth-order valence-electron chi connectivity index (χ4n) is 3.12. The number of aryl methyl sites for hydroxylation is 1. The highest BCUT2D eigenvalue weighted by molar-refractivity contribution is 5.56. The van der Waals surface area contributed by atoms with Crippen molar-refractivity contribution in [2.24, 2.45) is 0 Å². The summed E-state index contributed by atoms with van der Waals surface area (Å²) in [5, 5.41) is 3.38. The topological polar surface area (TPSA) is 73.9 Å². The van der Waals surface area contributed by atoms with Crippen molar-refractivity contribution < 1.29 is 0 Å². The van der Waals surface area contributed by atoms with Gasteiger partial charge in [-0.1, -0.05) is 12.8 Å². The first-order valence-electron chi connectivity index (χ1n) is 9.13. The molecule has 0 spiro atoms. The van der Waals surface area contributed by atoms with Crippen LogP contribution in [0, 0.1) is 13.8 Å². The fraction of sp³-hybridized carbons (Fsp3) is 0.526. The summed E-state index contributed by atoms with van der Waals surface area (Å²) in [7, 11) is 0. The second kappa shape index (κ2) is 8.25. The van der Waals surface area contributed by atoms with E-state index in [1.807, 2.05) is 19.1 Å². The van der Waals surface area contributed by atoms with Gasteiger partial charge in [0.1, 0.15) is 11.6 Å². The number of hydrogen-bond donors (Lipinski definition) is 2. The van der Waals surface area contributed by atoms with Crippen LogP contribution >= 0.6 is 0 Å². The monoisotopic (exact) mass is 341 g/mol. The molecule has 0 bridgehead atoms. The molecular weight excluding hydrogens is 314 g/mol. The quantitative estimate of drug-likeness (QED) is 0.875. The summed E-state index contributed by atoms with van der Waals surface area (Å²) in [5.74, 6) is 1.42. The second-order valence-corrected chi connectivity index (χ2v) is 6.74. The molecule has 134 valence electrons. The molecule has 1 fully saturated rings. The van der Waals surface area contributed by atoms with E-state index in [-0.39, 0.29) is 5.56 Å². The van der Waals surface area contributed by atoms with Crippen LogP contribution in [0.1, 0.15) is 36.9 Å². The first-order valence-corrected chi connectivity index (χ1v) is 9.13. The molecule has 25 heavy (non-hydrogen) atoms. The van der Waals surface area contributed by atoms with Crippen LogP contribution in [0.3, 0.4) is 0 Å². The highest BCUT2D eigenvalue weighted by Gasteiger charge is 2.09. The second-order valence-electron chi connectivity index (χ2n) is 6.74. The van der Waals surface area contributed by atoms with Crippen molar-refractivity contribution >= 4 is 5.82 Å². The average molecular weight is 341 g/mol. The number of hydrogen-bond acceptors (Lipinski definition) is 5. The molecule has 0 unspecified atom stereocenters. The van der Waals surface area contributed by atoms with Gasteiger partial charge in [-0.2, -0.15) is 0 Å². The van der Waals surface area contributed by atoms with Crippen LogP contribution in [0.4, 0.5) is 5.82 Å². The maximum atomic E-state index is 11.9. The first-order chi connectivity index (χ1) is 12.1. The Bertz CT molecular complexity index is 745. The molecule has 3 rings (SSSR count). The van der Waals surface area contributed by atoms with Crippen molar-refractivity contribution in [3.05, 3.63) is 39.9 Å². The van der Waals surface area contributed by atoms with E-state index >= 15 is 0 Å². The lowest BCUT2D eigenvalue weighted by Crippen LogP contribution is -2.30. The van der Waals surface area contributed by atoms with E-state index in [2.05, 4.69) is 25.2 Å². The van der Waals surface area contributed by atoms with Crippen molar-refractivity contribution in [3.63, 3.8) is 0 Å². The molecule has 0 radical (unpaired) electrons. The smallest absolute Gasteiger partial charge is 0.254 e. The zero-order valence-electron chi connectivity index (χ0n) is 15.1. The van der Waals surface area contributed by atoms with Crippen LogP contribution in [0.2, 0.25) is 0 Å². The van der Waals surface area contributed by atoms with Gasteiger partial charge in [0.05, 0.1) is 0 Å². The van der Waals surface area contributed by atoms with Gasteiger partial charge in [0, 0.05) is 36.1 Å². The highest BCUT2D eigenvalue weighted by atomic mass is 16.1. The lowest BCUT2D eigenvalue weighted by molar-refractivity contribution is 0.296. The Morgan fingerprint density at radius 2 is 1.92 bits per heavy atom. The highest BCUT2D eigenvalue weighted by Crippen LogP contribution is 2.15. The Hall–Kier alpha value is -2.21. The van der Waals surface area contributed by atoms with Crippen LogP contribution in [0.25, 0.3) is 11.4 Å². The van der Waals surface area contributed by atoms with Crippen molar-refractivity contribution in [1.82, 2.24) is 19.9 Å². The van der Waals surface area contributed by atoms with Crippen molar-refractivity contribution in [2.45, 2.75) is 39.5 Å². The summed E-state index contributed by atoms with van der Waals surface area (Å²) in [6.07, 6.45) is 7.10. The van der Waals surface area contributed by atoms with E-state index in [0.717, 1.165) is 30.2 Å². The van der Waals surface area contributed by atoms with Gasteiger partial charge in [-0.05, 0) is 51.9 Å². The number of aromatic nitrogens is 3. The standard InChI is InChI=1S/C19H27N5O/c1-14-15(2)22-18(23-19(14)25)16-7-8-17(21-13-16)20-9-12-24-10-5-3-4-6-11-24/h7-8,13H,3-6,9-12H2,1-2H3,(H,20,21)(H,22,23,25). The summed E-state index contributed by atoms with van der Waals surface area (Å²) in [5.41, 5.74) is 2.13. The molecule has 6 heteroatoms. The van der Waals surface area contributed by atoms with Gasteiger partial charge in [-0.3, -0.25) is 4.79 Å². The maximum absolute atomic E-state index is 11.9. The van der Waals surface area contributed by atoms with Crippen LogP contribution < -0.4 is 10.9 Å². The molecule has 2 aromatic heterocycles. The molecule has 1 saturated heterocycles. The number of likely N-dealkylation sites (tertiary alicyclic amines) is 1. The van der Waals surface area contributed by atoms with Gasteiger partial charge in [0.2, 0.25) is 0 Å². The summed E-state index contributed by atoms with van der Waals surface area (Å²) in [6, 6.07) is 3.88. The number of pyridine rings is 1. The van der Waals surface area contributed by atoms with Crippen molar-refractivity contribution in [2.75, 3.05) is 31.5 Å². The Balaban J connectivity index is 1.58. The minimum atomic E-state index is -0.0952. The number of aromatic amines is 1. The number of anilines is 1. The number of H-pyrrole nitrogens is 1. The summed E-state index contributed by atoms with van der Waals surface area (Å²) >= 11 is 0. The molecule has 1 aliphatic heterocycles. The number of nitrogens with one attached hydrogen (secondary N) is 2. The number of rotatable bonds is 5. The lowest BCUT2D eigenvalue weighted by Gasteiger charge is -2.19. The average Bonchev–Trinajstić information content (AvgIpc) is 2.89. The SMILES string of the molecule is Cc1nc(-c2ccc(NCCN3CCCCCC3)nc2)[nH]c(=O)c1C. The van der Waals surface area contributed by atoms with Crippen LogP contribution in [-0.2, 0) is 0 Å². The lowest BCUT2D eigenvalue weighted by atomic mass is 10.2. The fourth-order valence-corrected chi connectivity index (χ4v) is 3.12. The maximum Gasteiger partial charge on any atom is 0.254 e. The Morgan fingerprint density at radius 3 is 2.56 bits per heavy atom. The summed E-state index contributed by atoms with van der Waals surface area (Å²) in [6.45, 7) is 7.99. The summed E-state index contributed by atoms with van der Waals surface area (Å²) < 4.78 is 0. The van der Waals surface area contributed by atoms with Crippen molar-refractivity contribution in [1.29, 1.82) is 0 Å². The predicted octanol–water partition coefficient (Wildman–Crippen LogP) is 2.74. The summed E-state index contributed by atoms with van der Waals surface area (Å²) in [4.78, 5) is 26.1. The van der Waals surface area contributed by atoms with Gasteiger partial charge in [0.15, 0.2) is 0 Å². The largest absolute Gasteiger partial charge is 0.369 e. The van der Waals surface area contributed by atoms with E-state index < -0.39 is 0 Å². The van der Waals surface area contributed by atoms with E-state index in [1.165, 1.54) is 38.8 Å². The molecule has 2 N–H and O–H groups in total. The molecule has 6 nitrogen and oxygen atoms in total. The van der Waals surface area contributed by atoms with Gasteiger partial charge in [-0.25, -0.2) is 9.97 Å².